The fraction of sp³-hybridized carbons (Fsp3) is 0.778. The Balaban J connectivity index is 4.01. The molecule has 0 aliphatic carbocycles. The second kappa shape index (κ2) is 6.50. The lowest BCUT2D eigenvalue weighted by Gasteiger charge is -2.15. The molecule has 0 fully saturated rings. The predicted octanol–water partition coefficient (Wildman–Crippen LogP) is -0.351. The van der Waals surface area contributed by atoms with Crippen molar-refractivity contribution in [3.8, 4) is 0 Å². The molecule has 0 rings (SSSR count). The highest BCUT2D eigenvalue weighted by Gasteiger charge is 2.22. The van der Waals surface area contributed by atoms with Crippen LogP contribution >= 0.6 is 0 Å². The molecule has 0 spiro atoms. The molecule has 0 aromatic carbocycles. The van der Waals surface area contributed by atoms with Crippen molar-refractivity contribution in [1.82, 2.24) is 5.32 Å². The van der Waals surface area contributed by atoms with Crippen molar-refractivity contribution in [3.05, 3.63) is 0 Å². The molecule has 82 valence electrons. The zero-order valence-electron chi connectivity index (χ0n) is 8.87. The van der Waals surface area contributed by atoms with Crippen LogP contribution in [-0.2, 0) is 14.3 Å². The van der Waals surface area contributed by atoms with Crippen LogP contribution in [0.4, 0.5) is 0 Å². The average Bonchev–Trinajstić information content (AvgIpc) is 2.15. The second-order valence-electron chi connectivity index (χ2n) is 3.23. The minimum Gasteiger partial charge on any atom is -0.391 e. The van der Waals surface area contributed by atoms with Gasteiger partial charge in [0.25, 0.3) is 0 Å². The Morgan fingerprint density at radius 1 is 1.50 bits per heavy atom. The minimum absolute atomic E-state index is 0.0129. The largest absolute Gasteiger partial charge is 0.391 e. The van der Waals surface area contributed by atoms with Crippen LogP contribution in [0.5, 0.6) is 0 Å². The van der Waals surface area contributed by atoms with Crippen molar-refractivity contribution in [2.45, 2.75) is 26.3 Å². The van der Waals surface area contributed by atoms with Gasteiger partial charge in [0, 0.05) is 0 Å². The highest BCUT2D eigenvalue weighted by molar-refractivity contribution is 5.89. The lowest BCUT2D eigenvalue weighted by molar-refractivity contribution is -0.160. The van der Waals surface area contributed by atoms with Gasteiger partial charge in [-0.3, -0.25) is 4.79 Å². The van der Waals surface area contributed by atoms with Crippen molar-refractivity contribution in [1.29, 1.82) is 0 Å². The van der Waals surface area contributed by atoms with Crippen LogP contribution in [-0.4, -0.2) is 31.6 Å². The Kier molecular flexibility index (Phi) is 6.07. The summed E-state index contributed by atoms with van der Waals surface area (Å²) in [5.41, 5.74) is 5.57. The van der Waals surface area contributed by atoms with Crippen molar-refractivity contribution in [2.24, 2.45) is 11.7 Å². The Morgan fingerprint density at radius 3 is 2.50 bits per heavy atom. The first kappa shape index (κ1) is 13.1. The first-order valence-electron chi connectivity index (χ1n) is 4.67. The molecule has 0 aromatic rings. The summed E-state index contributed by atoms with van der Waals surface area (Å²) in [6, 6.07) is -0.721. The van der Waals surface area contributed by atoms with Crippen molar-refractivity contribution < 1.29 is 14.3 Å². The van der Waals surface area contributed by atoms with Gasteiger partial charge >= 0.3 is 11.9 Å². The van der Waals surface area contributed by atoms with Gasteiger partial charge < -0.3 is 15.8 Å². The third-order valence-corrected chi connectivity index (χ3v) is 2.06. The molecule has 0 saturated heterocycles. The van der Waals surface area contributed by atoms with Crippen LogP contribution in [0.1, 0.15) is 20.3 Å². The number of likely N-dealkylation sites (N-methyl/N-ethyl adjacent to an activating group) is 1. The van der Waals surface area contributed by atoms with Gasteiger partial charge in [-0.25, -0.2) is 4.79 Å². The van der Waals surface area contributed by atoms with Gasteiger partial charge in [0.1, 0.15) is 6.04 Å². The standard InChI is InChI=1S/C9H18N2O3/c1-4-6(2)8(10)9(13)14-7(12)5-11-3/h6,8,11H,4-5,10H2,1-3H3/t6-,8+/m1/s1. The molecule has 0 aliphatic heterocycles. The first-order valence-corrected chi connectivity index (χ1v) is 4.67. The van der Waals surface area contributed by atoms with E-state index in [2.05, 4.69) is 10.1 Å². The molecule has 5 heteroatoms. The van der Waals surface area contributed by atoms with Crippen molar-refractivity contribution in [2.75, 3.05) is 13.6 Å². The van der Waals surface area contributed by atoms with E-state index in [1.54, 1.807) is 7.05 Å². The topological polar surface area (TPSA) is 81.4 Å². The highest BCUT2D eigenvalue weighted by atomic mass is 16.6. The summed E-state index contributed by atoms with van der Waals surface area (Å²) in [6.07, 6.45) is 0.774. The molecule has 0 radical (unpaired) electrons. The van der Waals surface area contributed by atoms with Crippen LogP contribution < -0.4 is 11.1 Å². The molecule has 2 atom stereocenters. The van der Waals surface area contributed by atoms with Gasteiger partial charge in [0.05, 0.1) is 6.54 Å². The average molecular weight is 202 g/mol. The molecule has 3 N–H and O–H groups in total. The summed E-state index contributed by atoms with van der Waals surface area (Å²) in [5.74, 6) is -1.24. The van der Waals surface area contributed by atoms with Crippen LogP contribution in [0.15, 0.2) is 0 Å². The molecule has 0 aromatic heterocycles. The number of nitrogens with two attached hydrogens (primary N) is 1. The maximum absolute atomic E-state index is 11.2. The second-order valence-corrected chi connectivity index (χ2v) is 3.23. The van der Waals surface area contributed by atoms with Gasteiger partial charge in [-0.2, -0.15) is 0 Å². The molecular formula is C9H18N2O3. The van der Waals surface area contributed by atoms with Gasteiger partial charge in [-0.15, -0.1) is 0 Å². The molecule has 14 heavy (non-hydrogen) atoms. The van der Waals surface area contributed by atoms with E-state index in [1.165, 1.54) is 0 Å². The number of hydrogen-bond donors (Lipinski definition) is 2. The van der Waals surface area contributed by atoms with E-state index < -0.39 is 18.0 Å². The fourth-order valence-electron chi connectivity index (χ4n) is 0.847. The predicted molar refractivity (Wildman–Crippen MR) is 52.5 cm³/mol. The number of nitrogens with one attached hydrogen (secondary N) is 1. The summed E-state index contributed by atoms with van der Waals surface area (Å²) in [7, 11) is 1.60. The van der Waals surface area contributed by atoms with Gasteiger partial charge in [0.2, 0.25) is 0 Å². The maximum atomic E-state index is 11.2. The van der Waals surface area contributed by atoms with E-state index in [0.29, 0.717) is 0 Å². The third kappa shape index (κ3) is 4.34. The lowest BCUT2D eigenvalue weighted by atomic mass is 10.0. The zero-order chi connectivity index (χ0) is 11.1. The Bertz CT molecular complexity index is 206. The fourth-order valence-corrected chi connectivity index (χ4v) is 0.847. The molecule has 0 unspecified atom stereocenters. The van der Waals surface area contributed by atoms with E-state index >= 15 is 0 Å². The summed E-state index contributed by atoms with van der Waals surface area (Å²) in [5, 5.41) is 2.59. The molecule has 0 amide bonds. The van der Waals surface area contributed by atoms with E-state index in [1.807, 2.05) is 13.8 Å². The Morgan fingerprint density at radius 2 is 2.07 bits per heavy atom. The quantitative estimate of drug-likeness (QED) is 0.470. The van der Waals surface area contributed by atoms with Crippen molar-refractivity contribution in [3.63, 3.8) is 0 Å². The Hall–Kier alpha value is -0.940. The summed E-state index contributed by atoms with van der Waals surface area (Å²) in [6.45, 7) is 3.78. The Labute approximate surface area is 84.0 Å². The first-order chi connectivity index (χ1) is 6.52. The zero-order valence-corrected chi connectivity index (χ0v) is 8.87. The SMILES string of the molecule is CC[C@@H](C)[C@H](N)C(=O)OC(=O)CNC. The smallest absolute Gasteiger partial charge is 0.330 e. The van der Waals surface area contributed by atoms with Crippen LogP contribution in [0, 0.1) is 5.92 Å². The van der Waals surface area contributed by atoms with E-state index in [0.717, 1.165) is 6.42 Å². The summed E-state index contributed by atoms with van der Waals surface area (Å²) >= 11 is 0. The molecule has 0 aliphatic rings. The monoisotopic (exact) mass is 202 g/mol. The number of carbonyl (C=O) groups is 2. The maximum Gasteiger partial charge on any atom is 0.330 e. The lowest BCUT2D eigenvalue weighted by Crippen LogP contribution is -2.40. The molecule has 5 nitrogen and oxygen atoms in total. The third-order valence-electron chi connectivity index (χ3n) is 2.06. The summed E-state index contributed by atoms with van der Waals surface area (Å²) < 4.78 is 4.51. The number of ether oxygens (including phenoxy) is 1. The van der Waals surface area contributed by atoms with E-state index in [4.69, 9.17) is 5.73 Å². The van der Waals surface area contributed by atoms with Gasteiger partial charge in [-0.1, -0.05) is 20.3 Å². The van der Waals surface area contributed by atoms with Crippen LogP contribution in [0.2, 0.25) is 0 Å². The van der Waals surface area contributed by atoms with Gasteiger partial charge in [-0.05, 0) is 13.0 Å². The molecule has 0 saturated carbocycles. The summed E-state index contributed by atoms with van der Waals surface area (Å²) in [4.78, 5) is 22.1. The van der Waals surface area contributed by atoms with Crippen LogP contribution in [0.25, 0.3) is 0 Å². The number of rotatable bonds is 5. The van der Waals surface area contributed by atoms with E-state index in [9.17, 15) is 9.59 Å². The molecule has 0 bridgehead atoms. The molecular weight excluding hydrogens is 184 g/mol. The highest BCUT2D eigenvalue weighted by Crippen LogP contribution is 2.06. The number of hydrogen-bond acceptors (Lipinski definition) is 5. The van der Waals surface area contributed by atoms with Gasteiger partial charge in [0.15, 0.2) is 0 Å². The van der Waals surface area contributed by atoms with Crippen molar-refractivity contribution >= 4 is 11.9 Å². The number of esters is 2. The normalized spacial score (nSPS) is 14.6. The van der Waals surface area contributed by atoms with E-state index in [-0.39, 0.29) is 12.5 Å². The number of carbonyl (C=O) groups excluding carboxylic acids is 2. The van der Waals surface area contributed by atoms with Crippen LogP contribution in [0.3, 0.4) is 0 Å². The minimum atomic E-state index is -0.721. The molecule has 0 heterocycles.